The molecule has 34 heavy (non-hydrogen) atoms. The van der Waals surface area contributed by atoms with Crippen molar-refractivity contribution >= 4 is 44.8 Å². The van der Waals surface area contributed by atoms with Gasteiger partial charge in [0.15, 0.2) is 0 Å². The Hall–Kier alpha value is -2.79. The number of hydrogen-bond acceptors (Lipinski definition) is 6. The van der Waals surface area contributed by atoms with Gasteiger partial charge in [-0.15, -0.1) is 0 Å². The fraction of sp³-hybridized carbons (Fsp3) is 0.273. The third kappa shape index (κ3) is 6.01. The van der Waals surface area contributed by atoms with Crippen LogP contribution in [-0.2, 0) is 27.7 Å². The van der Waals surface area contributed by atoms with Crippen molar-refractivity contribution in [2.45, 2.75) is 37.6 Å². The van der Waals surface area contributed by atoms with E-state index >= 15 is 0 Å². The second kappa shape index (κ2) is 11.1. The highest BCUT2D eigenvalue weighted by atomic mass is 35.5. The van der Waals surface area contributed by atoms with E-state index in [1.165, 1.54) is 19.2 Å². The largest absolute Gasteiger partial charge is 0.324 e. The van der Waals surface area contributed by atoms with E-state index < -0.39 is 27.5 Å². The Morgan fingerprint density at radius 2 is 1.97 bits per heavy atom. The van der Waals surface area contributed by atoms with Gasteiger partial charge in [-0.2, -0.15) is 5.10 Å². The van der Waals surface area contributed by atoms with Crippen LogP contribution in [0.5, 0.6) is 0 Å². The molecule has 3 rings (SSSR count). The fourth-order valence-electron chi connectivity index (χ4n) is 3.17. The van der Waals surface area contributed by atoms with E-state index in [1.54, 1.807) is 24.4 Å². The van der Waals surface area contributed by atoms with E-state index in [0.717, 1.165) is 10.4 Å². The maximum Gasteiger partial charge on any atom is 0.287 e. The van der Waals surface area contributed by atoms with Crippen molar-refractivity contribution in [3.8, 4) is 0 Å². The number of aryl methyl sites for hydroxylation is 1. The van der Waals surface area contributed by atoms with Crippen LogP contribution < -0.4 is 15.6 Å². The highest BCUT2D eigenvalue weighted by molar-refractivity contribution is 7.89. The summed E-state index contributed by atoms with van der Waals surface area (Å²) in [4.78, 5) is 29.3. The summed E-state index contributed by atoms with van der Waals surface area (Å²) in [5.74, 6) is -0.580. The van der Waals surface area contributed by atoms with Gasteiger partial charge in [-0.3, -0.25) is 14.6 Å². The lowest BCUT2D eigenvalue weighted by Crippen LogP contribution is -2.33. The summed E-state index contributed by atoms with van der Waals surface area (Å²) >= 11 is 11.6. The number of hydrogen-bond donors (Lipinski definition) is 2. The minimum absolute atomic E-state index is 0.0175. The number of aromatic nitrogens is 3. The quantitative estimate of drug-likeness (QED) is 0.443. The molecule has 0 fully saturated rings. The van der Waals surface area contributed by atoms with Gasteiger partial charge < -0.3 is 5.32 Å². The first-order chi connectivity index (χ1) is 16.1. The lowest BCUT2D eigenvalue weighted by molar-refractivity contribution is -0.119. The first kappa shape index (κ1) is 25.8. The molecule has 1 amide bonds. The van der Waals surface area contributed by atoms with Gasteiger partial charge in [-0.05, 0) is 43.2 Å². The summed E-state index contributed by atoms with van der Waals surface area (Å²) in [5.41, 5.74) is 0.909. The van der Waals surface area contributed by atoms with Crippen molar-refractivity contribution < 1.29 is 13.2 Å². The molecule has 180 valence electrons. The Morgan fingerprint density at radius 1 is 1.21 bits per heavy atom. The van der Waals surface area contributed by atoms with E-state index in [0.29, 0.717) is 18.4 Å². The average Bonchev–Trinajstić information content (AvgIpc) is 2.82. The zero-order chi connectivity index (χ0) is 24.9. The van der Waals surface area contributed by atoms with Gasteiger partial charge in [0.1, 0.15) is 11.1 Å². The van der Waals surface area contributed by atoms with Crippen molar-refractivity contribution in [3.05, 3.63) is 80.4 Å². The number of halogens is 2. The summed E-state index contributed by atoms with van der Waals surface area (Å²) in [6, 6.07) is 9.04. The Morgan fingerprint density at radius 3 is 2.65 bits per heavy atom. The molecular formula is C22H23Cl2N5O4S. The van der Waals surface area contributed by atoms with E-state index in [4.69, 9.17) is 23.2 Å². The molecule has 2 aromatic heterocycles. The van der Waals surface area contributed by atoms with Gasteiger partial charge in [0.05, 0.1) is 16.1 Å². The van der Waals surface area contributed by atoms with Crippen LogP contribution in [-0.4, -0.2) is 35.6 Å². The van der Waals surface area contributed by atoms with E-state index in [-0.39, 0.29) is 27.2 Å². The number of amides is 1. The molecule has 0 aliphatic rings. The average molecular weight is 524 g/mol. The molecular weight excluding hydrogens is 501 g/mol. The van der Waals surface area contributed by atoms with Crippen LogP contribution in [0, 0.1) is 0 Å². The highest BCUT2D eigenvalue weighted by Gasteiger charge is 2.22. The zero-order valence-corrected chi connectivity index (χ0v) is 20.8. The number of benzene rings is 1. The van der Waals surface area contributed by atoms with Crippen molar-refractivity contribution in [2.75, 3.05) is 11.9 Å². The second-order valence-corrected chi connectivity index (χ2v) is 9.89. The van der Waals surface area contributed by atoms with Crippen molar-refractivity contribution in [1.29, 1.82) is 0 Å². The molecule has 0 aliphatic carbocycles. The van der Waals surface area contributed by atoms with Crippen LogP contribution >= 0.6 is 23.2 Å². The van der Waals surface area contributed by atoms with Crippen LogP contribution in [0.1, 0.15) is 31.1 Å². The summed E-state index contributed by atoms with van der Waals surface area (Å²) in [7, 11) is -3.85. The predicted octanol–water partition coefficient (Wildman–Crippen LogP) is 3.23. The monoisotopic (exact) mass is 523 g/mol. The van der Waals surface area contributed by atoms with E-state index in [2.05, 4.69) is 20.1 Å². The van der Waals surface area contributed by atoms with Crippen molar-refractivity contribution in [3.63, 3.8) is 0 Å². The molecule has 2 heterocycles. The van der Waals surface area contributed by atoms with Gasteiger partial charge in [-0.1, -0.05) is 42.3 Å². The number of rotatable bonds is 9. The minimum Gasteiger partial charge on any atom is -0.324 e. The van der Waals surface area contributed by atoms with Crippen LogP contribution in [0.4, 0.5) is 5.69 Å². The van der Waals surface area contributed by atoms with Gasteiger partial charge in [0.25, 0.3) is 5.56 Å². The lowest BCUT2D eigenvalue weighted by atomic mass is 10.1. The fourth-order valence-corrected chi connectivity index (χ4v) is 4.80. The summed E-state index contributed by atoms with van der Waals surface area (Å²) in [5, 5.41) is 6.23. The molecule has 0 aliphatic heterocycles. The molecule has 0 bridgehead atoms. The molecule has 0 saturated heterocycles. The maximum atomic E-state index is 13.0. The van der Waals surface area contributed by atoms with E-state index in [1.807, 2.05) is 19.1 Å². The highest BCUT2D eigenvalue weighted by Crippen LogP contribution is 2.23. The number of carbonyl (C=O) groups excluding carboxylic acids is 1. The van der Waals surface area contributed by atoms with Crippen LogP contribution in [0.3, 0.4) is 0 Å². The van der Waals surface area contributed by atoms with Crippen LogP contribution in [0.15, 0.2) is 58.5 Å². The number of sulfonamides is 1. The molecule has 2 N–H and O–H groups in total. The third-order valence-electron chi connectivity index (χ3n) is 5.05. The number of pyridine rings is 1. The smallest absolute Gasteiger partial charge is 0.287 e. The molecule has 9 nitrogen and oxygen atoms in total. The molecule has 3 aromatic rings. The molecule has 0 radical (unpaired) electrons. The van der Waals surface area contributed by atoms with Crippen molar-refractivity contribution in [1.82, 2.24) is 19.5 Å². The number of nitrogens with one attached hydrogen (secondary N) is 2. The molecule has 12 heteroatoms. The summed E-state index contributed by atoms with van der Waals surface area (Å²) in [6.07, 6.45) is 3.73. The molecule has 0 unspecified atom stereocenters. The van der Waals surface area contributed by atoms with Crippen LogP contribution in [0.25, 0.3) is 0 Å². The van der Waals surface area contributed by atoms with Crippen LogP contribution in [0.2, 0.25) is 10.0 Å². The van der Waals surface area contributed by atoms with Gasteiger partial charge in [0.2, 0.25) is 15.9 Å². The van der Waals surface area contributed by atoms with Gasteiger partial charge in [0, 0.05) is 30.5 Å². The molecule has 0 saturated carbocycles. The predicted molar refractivity (Wildman–Crippen MR) is 131 cm³/mol. The van der Waals surface area contributed by atoms with Crippen molar-refractivity contribution in [2.24, 2.45) is 0 Å². The topological polar surface area (TPSA) is 123 Å². The maximum absolute atomic E-state index is 13.0. The SMILES string of the molecule is CCc1ccc(NC(=O)[C@@H](C)n2ncc(Cl)c(Cl)c2=O)cc1S(=O)(=O)NCCc1ccccn1. The van der Waals surface area contributed by atoms with Gasteiger partial charge in [-0.25, -0.2) is 17.8 Å². The lowest BCUT2D eigenvalue weighted by Gasteiger charge is -2.16. The first-order valence-corrected chi connectivity index (χ1v) is 12.6. The Balaban J connectivity index is 1.78. The normalized spacial score (nSPS) is 12.4. The number of anilines is 1. The standard InChI is InChI=1S/C22H23Cl2N5O4S/c1-3-15-7-8-17(28-21(30)14(2)29-22(31)20(24)18(23)13-26-29)12-19(15)34(32,33)27-11-9-16-6-4-5-10-25-16/h4-8,10,12-14,27H,3,9,11H2,1-2H3,(H,28,30)/t14-/m1/s1. The summed E-state index contributed by atoms with van der Waals surface area (Å²) in [6.45, 7) is 3.47. The second-order valence-electron chi connectivity index (χ2n) is 7.37. The molecule has 1 aromatic carbocycles. The third-order valence-corrected chi connectivity index (χ3v) is 7.34. The number of carbonyl (C=O) groups is 1. The Labute approximate surface area is 207 Å². The molecule has 1 atom stereocenters. The minimum atomic E-state index is -3.85. The molecule has 0 spiro atoms. The number of nitrogens with zero attached hydrogens (tertiary/aromatic N) is 3. The zero-order valence-electron chi connectivity index (χ0n) is 18.5. The van der Waals surface area contributed by atoms with E-state index in [9.17, 15) is 18.0 Å². The summed E-state index contributed by atoms with van der Waals surface area (Å²) < 4.78 is 29.5. The Bertz CT molecular complexity index is 1350. The van der Waals surface area contributed by atoms with Gasteiger partial charge >= 0.3 is 0 Å². The Kier molecular flexibility index (Phi) is 8.42. The first-order valence-electron chi connectivity index (χ1n) is 10.4.